The Bertz CT molecular complexity index is 2480. The van der Waals surface area contributed by atoms with Crippen LogP contribution < -0.4 is 9.47 Å². The number of carbonyl (C=O) groups is 2. The Morgan fingerprint density at radius 3 is 1.59 bits per heavy atom. The number of halogens is 2. The number of carboxylic acids is 1. The summed E-state index contributed by atoms with van der Waals surface area (Å²) in [6.45, 7) is 2.37. The number of terminal acetylenes is 1. The molecule has 4 aromatic carbocycles. The van der Waals surface area contributed by atoms with Gasteiger partial charge in [-0.15, -0.1) is 6.42 Å². The van der Waals surface area contributed by atoms with E-state index in [1.807, 2.05) is 0 Å². The topological polar surface area (TPSA) is 96.3 Å². The highest BCUT2D eigenvalue weighted by Gasteiger charge is 2.35. The van der Waals surface area contributed by atoms with Crippen molar-refractivity contribution in [1.82, 2.24) is 4.90 Å². The van der Waals surface area contributed by atoms with Crippen LogP contribution in [0.15, 0.2) is 91.0 Å². The minimum Gasteiger partial charge on any atom is -0.478 e. The number of aromatic carboxylic acids is 1. The average molecular weight is 744 g/mol. The zero-order valence-electron chi connectivity index (χ0n) is 30.0. The molecule has 9 heteroatoms. The van der Waals surface area contributed by atoms with Crippen molar-refractivity contribution in [3.05, 3.63) is 119 Å². The van der Waals surface area contributed by atoms with Gasteiger partial charge in [0, 0.05) is 19.2 Å². The van der Waals surface area contributed by atoms with Crippen molar-refractivity contribution in [1.29, 1.82) is 0 Å². The average Bonchev–Trinajstić information content (AvgIpc) is 3.19. The number of amides is 1. The van der Waals surface area contributed by atoms with Crippen LogP contribution in [-0.2, 0) is 16.8 Å². The molecule has 1 heterocycles. The third-order valence-corrected chi connectivity index (χ3v) is 7.83. The van der Waals surface area contributed by atoms with Crippen molar-refractivity contribution in [2.45, 2.75) is 31.8 Å². The van der Waals surface area contributed by atoms with Gasteiger partial charge in [-0.2, -0.15) is 0 Å². The maximum atomic E-state index is 13.4. The zero-order valence-corrected chi connectivity index (χ0v) is 30.0. The lowest BCUT2D eigenvalue weighted by molar-refractivity contribution is -0.135. The van der Waals surface area contributed by atoms with Gasteiger partial charge in [-0.1, -0.05) is 18.1 Å². The molecule has 1 fully saturated rings. The molecule has 0 atom stereocenters. The van der Waals surface area contributed by atoms with E-state index in [1.54, 1.807) is 42.2 Å². The SMILES string of the molecule is C#CC#CC#CC#CC#CC#CC#CC.O=C(O)c1ccc(Oc2cc(CC(=O)N3CCC(O)(c4ccc(F)cc4)CC3)cc(Oc3ccc(F)cc3)c2)cc1. The van der Waals surface area contributed by atoms with Crippen LogP contribution in [0, 0.1) is 95.0 Å². The van der Waals surface area contributed by atoms with Crippen LogP contribution in [0.2, 0.25) is 0 Å². The van der Waals surface area contributed by atoms with Gasteiger partial charge in [0.15, 0.2) is 0 Å². The second-order valence-electron chi connectivity index (χ2n) is 11.7. The van der Waals surface area contributed by atoms with Crippen molar-refractivity contribution >= 4 is 11.9 Å². The van der Waals surface area contributed by atoms with Crippen molar-refractivity contribution < 1.29 is 38.1 Å². The molecule has 1 saturated heterocycles. The lowest BCUT2D eigenvalue weighted by Gasteiger charge is -2.38. The van der Waals surface area contributed by atoms with E-state index in [-0.39, 0.29) is 23.7 Å². The number of ether oxygens (including phenoxy) is 2. The van der Waals surface area contributed by atoms with Crippen molar-refractivity contribution in [2.75, 3.05) is 13.1 Å². The smallest absolute Gasteiger partial charge is 0.335 e. The van der Waals surface area contributed by atoms with E-state index in [0.29, 0.717) is 60.1 Å². The first-order valence-electron chi connectivity index (χ1n) is 16.8. The highest BCUT2D eigenvalue weighted by atomic mass is 19.1. The van der Waals surface area contributed by atoms with E-state index in [2.05, 4.69) is 77.0 Å². The molecular weight excluding hydrogens is 713 g/mol. The lowest BCUT2D eigenvalue weighted by Crippen LogP contribution is -2.45. The number of carboxylic acid groups (broad SMARTS) is 1. The molecule has 0 aliphatic carbocycles. The second kappa shape index (κ2) is 21.0. The van der Waals surface area contributed by atoms with Gasteiger partial charge in [0.1, 0.15) is 34.6 Å². The largest absolute Gasteiger partial charge is 0.478 e. The highest BCUT2D eigenvalue weighted by Crippen LogP contribution is 2.34. The summed E-state index contributed by atoms with van der Waals surface area (Å²) in [6, 6.07) is 22.2. The predicted molar refractivity (Wildman–Crippen MR) is 207 cm³/mol. The molecule has 0 spiro atoms. The van der Waals surface area contributed by atoms with Gasteiger partial charge in [0.2, 0.25) is 5.91 Å². The first-order chi connectivity index (χ1) is 27.1. The molecule has 1 amide bonds. The van der Waals surface area contributed by atoms with Crippen molar-refractivity contribution in [3.8, 4) is 106 Å². The van der Waals surface area contributed by atoms with Crippen LogP contribution >= 0.6 is 0 Å². The maximum Gasteiger partial charge on any atom is 0.335 e. The number of piperidine rings is 1. The molecule has 4 aromatic rings. The maximum absolute atomic E-state index is 13.4. The second-order valence-corrected chi connectivity index (χ2v) is 11.7. The molecule has 0 radical (unpaired) electrons. The van der Waals surface area contributed by atoms with Gasteiger partial charge in [-0.25, -0.2) is 13.6 Å². The molecule has 56 heavy (non-hydrogen) atoms. The quantitative estimate of drug-likeness (QED) is 0.190. The van der Waals surface area contributed by atoms with Gasteiger partial charge < -0.3 is 24.6 Å². The number of hydrogen-bond acceptors (Lipinski definition) is 5. The minimum atomic E-state index is -1.13. The summed E-state index contributed by atoms with van der Waals surface area (Å²) in [5.74, 6) is 31.4. The van der Waals surface area contributed by atoms with Crippen LogP contribution in [0.25, 0.3) is 0 Å². The number of aliphatic hydroxyl groups is 1. The van der Waals surface area contributed by atoms with E-state index in [4.69, 9.17) is 21.0 Å². The first-order valence-corrected chi connectivity index (χ1v) is 16.8. The lowest BCUT2D eigenvalue weighted by atomic mass is 9.84. The number of nitrogens with zero attached hydrogens (tertiary/aromatic N) is 1. The summed E-state index contributed by atoms with van der Waals surface area (Å²) in [5, 5.41) is 20.2. The molecule has 0 aromatic heterocycles. The molecule has 0 saturated carbocycles. The Morgan fingerprint density at radius 1 is 0.679 bits per heavy atom. The zero-order chi connectivity index (χ0) is 40.2. The summed E-state index contributed by atoms with van der Waals surface area (Å²) in [7, 11) is 0. The summed E-state index contributed by atoms with van der Waals surface area (Å²) in [6.07, 6.45) is 5.54. The van der Waals surface area contributed by atoms with Gasteiger partial charge in [0.25, 0.3) is 0 Å². The molecule has 274 valence electrons. The van der Waals surface area contributed by atoms with Gasteiger partial charge in [0.05, 0.1) is 17.6 Å². The first kappa shape index (κ1) is 40.9. The Morgan fingerprint density at radius 2 is 1.12 bits per heavy atom. The summed E-state index contributed by atoms with van der Waals surface area (Å²) in [5.41, 5.74) is 0.204. The van der Waals surface area contributed by atoms with Crippen LogP contribution in [0.5, 0.6) is 23.0 Å². The third kappa shape index (κ3) is 13.3. The molecule has 1 aliphatic rings. The van der Waals surface area contributed by atoms with E-state index in [9.17, 15) is 23.5 Å². The fourth-order valence-electron chi connectivity index (χ4n) is 5.13. The molecular formula is C47H31F2NO6. The summed E-state index contributed by atoms with van der Waals surface area (Å²) in [4.78, 5) is 26.1. The fraction of sp³-hybridized carbons (Fsp3) is 0.149. The predicted octanol–water partition coefficient (Wildman–Crippen LogP) is 6.96. The van der Waals surface area contributed by atoms with Crippen LogP contribution in [0.4, 0.5) is 8.78 Å². The van der Waals surface area contributed by atoms with Gasteiger partial charge in [-0.05, 0) is 175 Å². The number of benzene rings is 4. The Labute approximate surface area is 324 Å². The number of likely N-dealkylation sites (tertiary alicyclic amines) is 1. The minimum absolute atomic E-state index is 0.0317. The Kier molecular flexibility index (Phi) is 15.4. The molecule has 0 bridgehead atoms. The van der Waals surface area contributed by atoms with E-state index in [1.165, 1.54) is 60.7 Å². The number of rotatable bonds is 8. The van der Waals surface area contributed by atoms with Crippen LogP contribution in [0.1, 0.15) is 41.3 Å². The molecule has 2 N–H and O–H groups in total. The Hall–Kier alpha value is -7.84. The third-order valence-electron chi connectivity index (χ3n) is 7.83. The van der Waals surface area contributed by atoms with Gasteiger partial charge in [-0.3, -0.25) is 4.79 Å². The van der Waals surface area contributed by atoms with Crippen LogP contribution in [-0.4, -0.2) is 40.1 Å². The highest BCUT2D eigenvalue weighted by molar-refractivity contribution is 5.87. The van der Waals surface area contributed by atoms with E-state index < -0.39 is 17.4 Å². The monoisotopic (exact) mass is 743 g/mol. The summed E-state index contributed by atoms with van der Waals surface area (Å²) < 4.78 is 38.5. The normalized spacial score (nSPS) is 11.5. The van der Waals surface area contributed by atoms with Gasteiger partial charge >= 0.3 is 5.97 Å². The molecule has 5 rings (SSSR count). The van der Waals surface area contributed by atoms with Crippen molar-refractivity contribution in [3.63, 3.8) is 0 Å². The number of hydrogen-bond donors (Lipinski definition) is 2. The fourth-order valence-corrected chi connectivity index (χ4v) is 5.13. The molecule has 1 aliphatic heterocycles. The number of carbonyl (C=O) groups excluding carboxylic acids is 1. The van der Waals surface area contributed by atoms with Crippen LogP contribution in [0.3, 0.4) is 0 Å². The van der Waals surface area contributed by atoms with Crippen molar-refractivity contribution in [2.24, 2.45) is 0 Å². The molecule has 7 nitrogen and oxygen atoms in total. The Balaban J connectivity index is 0.000000394. The van der Waals surface area contributed by atoms with E-state index in [0.717, 1.165) is 0 Å². The summed E-state index contributed by atoms with van der Waals surface area (Å²) >= 11 is 0. The van der Waals surface area contributed by atoms with E-state index >= 15 is 0 Å². The standard InChI is InChI=1S/C32H27F2NO6.C15H4/c33-24-5-3-23(4-6-24)32(39)13-15-35(16-14-32)30(36)19-21-17-28(40-26-9-1-22(2-10-26)31(37)38)20-29(18-21)41-27-11-7-25(34)8-12-27;1-3-5-7-9-11-13-15-14-12-10-8-6-4-2/h1-12,17-18,20,39H,13-16,19H2,(H,37,38);1H,2H3. The molecule has 0 unspecified atom stereocenters.